The third-order valence-corrected chi connectivity index (χ3v) is 3.54. The minimum Gasteiger partial charge on any atom is -0.495 e. The Morgan fingerprint density at radius 2 is 2.00 bits per heavy atom. The van der Waals surface area contributed by atoms with Crippen LogP contribution in [0.5, 0.6) is 5.75 Å². The molecule has 0 aliphatic carbocycles. The van der Waals surface area contributed by atoms with Crippen molar-refractivity contribution in [3.63, 3.8) is 0 Å². The lowest BCUT2D eigenvalue weighted by Crippen LogP contribution is -2.12. The molecule has 1 aromatic carbocycles. The average molecular weight is 282 g/mol. The highest BCUT2D eigenvalue weighted by Crippen LogP contribution is 2.35. The number of hydrogen-bond acceptors (Lipinski definition) is 4. The summed E-state index contributed by atoms with van der Waals surface area (Å²) in [7, 11) is 1.58. The van der Waals surface area contributed by atoms with Gasteiger partial charge in [0.05, 0.1) is 25.3 Å². The van der Waals surface area contributed by atoms with Gasteiger partial charge in [-0.05, 0) is 23.6 Å². The molecule has 0 saturated heterocycles. The molecule has 108 valence electrons. The highest BCUT2D eigenvalue weighted by molar-refractivity contribution is 5.34. The Balaban J connectivity index is 2.39. The molecular weight excluding hydrogens is 264 g/mol. The van der Waals surface area contributed by atoms with Gasteiger partial charge in [-0.2, -0.15) is 5.26 Å². The van der Waals surface area contributed by atoms with Crippen LogP contribution in [-0.2, 0) is 0 Å². The molecule has 1 heterocycles. The van der Waals surface area contributed by atoms with Crippen molar-refractivity contribution in [3.05, 3.63) is 59.9 Å². The molecule has 4 nitrogen and oxygen atoms in total. The van der Waals surface area contributed by atoms with E-state index in [4.69, 9.17) is 4.74 Å². The van der Waals surface area contributed by atoms with Crippen LogP contribution in [-0.4, -0.2) is 23.8 Å². The predicted octanol–water partition coefficient (Wildman–Crippen LogP) is 2.86. The molecule has 0 bridgehead atoms. The van der Waals surface area contributed by atoms with Gasteiger partial charge in [0.25, 0.3) is 0 Å². The number of aromatic nitrogens is 1. The number of benzene rings is 1. The molecule has 0 fully saturated rings. The Morgan fingerprint density at radius 1 is 1.24 bits per heavy atom. The second-order valence-corrected chi connectivity index (χ2v) is 4.79. The zero-order valence-corrected chi connectivity index (χ0v) is 11.9. The van der Waals surface area contributed by atoms with E-state index in [2.05, 4.69) is 11.1 Å². The fourth-order valence-corrected chi connectivity index (χ4v) is 2.47. The summed E-state index contributed by atoms with van der Waals surface area (Å²) in [5.74, 6) is 0.206. The largest absolute Gasteiger partial charge is 0.495 e. The smallest absolute Gasteiger partial charge is 0.137 e. The number of aliphatic hydroxyl groups excluding tert-OH is 1. The molecule has 1 aromatic heterocycles. The number of rotatable bonds is 6. The molecule has 2 aromatic rings. The van der Waals surface area contributed by atoms with Crippen molar-refractivity contribution < 1.29 is 9.84 Å². The molecule has 0 aliphatic rings. The Morgan fingerprint density at radius 3 is 2.62 bits per heavy atom. The fourth-order valence-electron chi connectivity index (χ4n) is 2.47. The molecular formula is C17H18N2O2. The van der Waals surface area contributed by atoms with Gasteiger partial charge in [-0.1, -0.05) is 30.3 Å². The Hall–Kier alpha value is -2.38. The van der Waals surface area contributed by atoms with Crippen LogP contribution >= 0.6 is 0 Å². The monoisotopic (exact) mass is 282 g/mol. The molecule has 1 N–H and O–H groups in total. The number of nitrogens with zero attached hydrogens (tertiary/aromatic N) is 2. The molecule has 0 aliphatic heterocycles. The van der Waals surface area contributed by atoms with Gasteiger partial charge in [-0.15, -0.1) is 0 Å². The van der Waals surface area contributed by atoms with Gasteiger partial charge in [0.15, 0.2) is 0 Å². The van der Waals surface area contributed by atoms with Gasteiger partial charge in [0.1, 0.15) is 5.75 Å². The zero-order valence-electron chi connectivity index (χ0n) is 11.9. The van der Waals surface area contributed by atoms with Crippen LogP contribution in [0, 0.1) is 11.3 Å². The second-order valence-electron chi connectivity index (χ2n) is 4.79. The Kier molecular flexibility index (Phi) is 5.30. The van der Waals surface area contributed by atoms with Crippen molar-refractivity contribution >= 4 is 0 Å². The summed E-state index contributed by atoms with van der Waals surface area (Å²) >= 11 is 0. The third kappa shape index (κ3) is 3.59. The minimum atomic E-state index is -0.327. The summed E-state index contributed by atoms with van der Waals surface area (Å²) in [5, 5.41) is 18.9. The highest BCUT2D eigenvalue weighted by Gasteiger charge is 2.25. The van der Waals surface area contributed by atoms with E-state index in [1.807, 2.05) is 36.4 Å². The van der Waals surface area contributed by atoms with Crippen LogP contribution < -0.4 is 4.74 Å². The van der Waals surface area contributed by atoms with E-state index in [0.717, 1.165) is 11.1 Å². The summed E-state index contributed by atoms with van der Waals surface area (Å²) in [6, 6.07) is 13.9. The van der Waals surface area contributed by atoms with E-state index >= 15 is 0 Å². The number of ether oxygens (including phenoxy) is 1. The van der Waals surface area contributed by atoms with Crippen LogP contribution in [0.3, 0.4) is 0 Å². The molecule has 2 atom stereocenters. The molecule has 0 unspecified atom stereocenters. The van der Waals surface area contributed by atoms with Crippen molar-refractivity contribution in [2.75, 3.05) is 13.7 Å². The van der Waals surface area contributed by atoms with Crippen LogP contribution in [0.15, 0.2) is 48.8 Å². The van der Waals surface area contributed by atoms with E-state index in [1.54, 1.807) is 19.5 Å². The van der Waals surface area contributed by atoms with E-state index in [-0.39, 0.29) is 18.4 Å². The summed E-state index contributed by atoms with van der Waals surface area (Å²) in [6.45, 7) is 0.0207. The van der Waals surface area contributed by atoms with Gasteiger partial charge in [-0.25, -0.2) is 0 Å². The van der Waals surface area contributed by atoms with Crippen LogP contribution in [0.4, 0.5) is 0 Å². The van der Waals surface area contributed by atoms with E-state index in [0.29, 0.717) is 12.2 Å². The van der Waals surface area contributed by atoms with Gasteiger partial charge >= 0.3 is 0 Å². The molecule has 0 spiro atoms. The standard InChI is InChI=1S/C17H18N2O2/c1-21-15-9-14(11-19-12-15)16(7-8-20)17(10-18)13-5-3-2-4-6-13/h2-6,9,11-12,16-17,20H,7-8H2,1H3/t16-,17-/m0/s1. The first-order chi connectivity index (χ1) is 10.3. The lowest BCUT2D eigenvalue weighted by molar-refractivity contribution is 0.271. The van der Waals surface area contributed by atoms with Crippen molar-refractivity contribution in [2.45, 2.75) is 18.3 Å². The van der Waals surface area contributed by atoms with Gasteiger partial charge in [0, 0.05) is 18.7 Å². The quantitative estimate of drug-likeness (QED) is 0.884. The lowest BCUT2D eigenvalue weighted by atomic mass is 9.81. The van der Waals surface area contributed by atoms with Crippen LogP contribution in [0.25, 0.3) is 0 Å². The number of methoxy groups -OCH3 is 1. The van der Waals surface area contributed by atoms with Crippen molar-refractivity contribution in [1.29, 1.82) is 5.26 Å². The SMILES string of the molecule is COc1cncc([C@H](CCO)[C@@H](C#N)c2ccccc2)c1. The summed E-state index contributed by atoms with van der Waals surface area (Å²) < 4.78 is 5.19. The first-order valence-corrected chi connectivity index (χ1v) is 6.84. The van der Waals surface area contributed by atoms with Gasteiger partial charge < -0.3 is 9.84 Å². The number of hydrogen-bond donors (Lipinski definition) is 1. The van der Waals surface area contributed by atoms with Crippen LogP contribution in [0.1, 0.15) is 29.4 Å². The Labute approximate surface area is 124 Å². The lowest BCUT2D eigenvalue weighted by Gasteiger charge is -2.22. The molecule has 0 saturated carbocycles. The van der Waals surface area contributed by atoms with Gasteiger partial charge in [-0.3, -0.25) is 4.98 Å². The normalized spacial score (nSPS) is 13.2. The molecule has 0 amide bonds. The van der Waals surface area contributed by atoms with Gasteiger partial charge in [0.2, 0.25) is 0 Å². The maximum absolute atomic E-state index is 9.58. The van der Waals surface area contributed by atoms with Crippen molar-refractivity contribution in [1.82, 2.24) is 4.98 Å². The maximum Gasteiger partial charge on any atom is 0.137 e. The molecule has 2 rings (SSSR count). The average Bonchev–Trinajstić information content (AvgIpc) is 2.56. The zero-order chi connectivity index (χ0) is 15.1. The molecule has 21 heavy (non-hydrogen) atoms. The first-order valence-electron chi connectivity index (χ1n) is 6.84. The topological polar surface area (TPSA) is 66.1 Å². The summed E-state index contributed by atoms with van der Waals surface area (Å²) in [6.07, 6.45) is 3.86. The van der Waals surface area contributed by atoms with E-state index in [9.17, 15) is 10.4 Å². The fraction of sp³-hybridized carbons (Fsp3) is 0.294. The van der Waals surface area contributed by atoms with Crippen LogP contribution in [0.2, 0.25) is 0 Å². The maximum atomic E-state index is 9.58. The number of aliphatic hydroxyl groups is 1. The molecule has 0 radical (unpaired) electrons. The van der Waals surface area contributed by atoms with E-state index < -0.39 is 0 Å². The van der Waals surface area contributed by atoms with Crippen molar-refractivity contribution in [2.24, 2.45) is 0 Å². The highest BCUT2D eigenvalue weighted by atomic mass is 16.5. The summed E-state index contributed by atoms with van der Waals surface area (Å²) in [5.41, 5.74) is 1.85. The third-order valence-electron chi connectivity index (χ3n) is 3.54. The second kappa shape index (κ2) is 7.41. The van der Waals surface area contributed by atoms with Crippen molar-refractivity contribution in [3.8, 4) is 11.8 Å². The Bertz CT molecular complexity index is 608. The number of nitriles is 1. The summed E-state index contributed by atoms with van der Waals surface area (Å²) in [4.78, 5) is 4.15. The molecule has 4 heteroatoms. The first kappa shape index (κ1) is 15.0. The number of pyridine rings is 1. The predicted molar refractivity (Wildman–Crippen MR) is 80.0 cm³/mol. The minimum absolute atomic E-state index is 0.0207. The van der Waals surface area contributed by atoms with E-state index in [1.165, 1.54) is 0 Å².